The van der Waals surface area contributed by atoms with E-state index in [9.17, 15) is 0 Å². The lowest BCUT2D eigenvalue weighted by Gasteiger charge is -2.33. The number of benzene rings is 2. The molecule has 0 atom stereocenters. The highest BCUT2D eigenvalue weighted by Gasteiger charge is 2.30. The molecule has 0 saturated carbocycles. The fraction of sp³-hybridized carbons (Fsp3) is 0.200. The van der Waals surface area contributed by atoms with Gasteiger partial charge in [-0.1, -0.05) is 42.5 Å². The molecule has 1 heterocycles. The Hall–Kier alpha value is -1.21. The highest BCUT2D eigenvalue weighted by atomic mass is 32.2. The molecule has 0 aromatic heterocycles. The second-order valence-corrected chi connectivity index (χ2v) is 6.32. The van der Waals surface area contributed by atoms with Crippen LogP contribution in [0.4, 0.5) is 0 Å². The molecule has 0 radical (unpaired) electrons. The zero-order chi connectivity index (χ0) is 11.2. The van der Waals surface area contributed by atoms with Crippen LogP contribution in [0.1, 0.15) is 19.4 Å². The van der Waals surface area contributed by atoms with Gasteiger partial charge in [0.1, 0.15) is 0 Å². The summed E-state index contributed by atoms with van der Waals surface area (Å²) in [6, 6.07) is 17.4. The molecule has 1 aliphatic heterocycles. The Bertz CT molecular complexity index is 541. The average Bonchev–Trinajstić information content (AvgIpc) is 2.29. The summed E-state index contributed by atoms with van der Waals surface area (Å²) in [6.07, 6.45) is 0. The normalized spacial score (nSPS) is 16.4. The van der Waals surface area contributed by atoms with Crippen molar-refractivity contribution in [1.82, 2.24) is 0 Å². The zero-order valence-electron chi connectivity index (χ0n) is 9.53. The van der Waals surface area contributed by atoms with Gasteiger partial charge in [0, 0.05) is 9.64 Å². The first-order chi connectivity index (χ1) is 7.68. The van der Waals surface area contributed by atoms with Crippen LogP contribution in [0.25, 0.3) is 11.1 Å². The van der Waals surface area contributed by atoms with E-state index >= 15 is 0 Å². The third-order valence-corrected chi connectivity index (χ3v) is 4.42. The van der Waals surface area contributed by atoms with Gasteiger partial charge >= 0.3 is 0 Å². The molecule has 0 aliphatic carbocycles. The first-order valence-electron chi connectivity index (χ1n) is 5.56. The standard InChI is InChI=1S/C15H14S/c1-15(2)13-9-5-3-7-11(13)12-8-4-6-10-14(12)16-15/h3-10H,1-2H3. The highest BCUT2D eigenvalue weighted by Crippen LogP contribution is 2.51. The van der Waals surface area contributed by atoms with Crippen molar-refractivity contribution in [3.63, 3.8) is 0 Å². The lowest BCUT2D eigenvalue weighted by Crippen LogP contribution is -2.16. The maximum Gasteiger partial charge on any atom is 0.0405 e. The van der Waals surface area contributed by atoms with E-state index in [-0.39, 0.29) is 4.75 Å². The Balaban J connectivity index is 2.33. The van der Waals surface area contributed by atoms with Crippen LogP contribution in [-0.4, -0.2) is 0 Å². The largest absolute Gasteiger partial charge is 0.114 e. The van der Waals surface area contributed by atoms with Gasteiger partial charge in [-0.05, 0) is 36.6 Å². The number of rotatable bonds is 0. The minimum atomic E-state index is 0.172. The summed E-state index contributed by atoms with van der Waals surface area (Å²) in [6.45, 7) is 4.60. The minimum Gasteiger partial charge on any atom is -0.114 e. The monoisotopic (exact) mass is 226 g/mol. The van der Waals surface area contributed by atoms with Crippen molar-refractivity contribution >= 4 is 11.8 Å². The van der Waals surface area contributed by atoms with E-state index in [1.54, 1.807) is 0 Å². The topological polar surface area (TPSA) is 0 Å². The molecule has 3 rings (SSSR count). The number of fused-ring (bicyclic) bond motifs is 3. The lowest BCUT2D eigenvalue weighted by molar-refractivity contribution is 0.778. The maximum absolute atomic E-state index is 2.30. The zero-order valence-corrected chi connectivity index (χ0v) is 10.3. The predicted molar refractivity (Wildman–Crippen MR) is 70.8 cm³/mol. The van der Waals surface area contributed by atoms with Crippen LogP contribution in [0, 0.1) is 0 Å². The van der Waals surface area contributed by atoms with E-state index in [0.29, 0.717) is 0 Å². The van der Waals surface area contributed by atoms with E-state index in [4.69, 9.17) is 0 Å². The van der Waals surface area contributed by atoms with Crippen molar-refractivity contribution in [2.75, 3.05) is 0 Å². The lowest BCUT2D eigenvalue weighted by atomic mass is 9.91. The first-order valence-corrected chi connectivity index (χ1v) is 6.38. The smallest absolute Gasteiger partial charge is 0.0405 e. The molecule has 0 amide bonds. The molecule has 0 nitrogen and oxygen atoms in total. The van der Waals surface area contributed by atoms with E-state index in [0.717, 1.165) is 0 Å². The predicted octanol–water partition coefficient (Wildman–Crippen LogP) is 4.69. The van der Waals surface area contributed by atoms with Gasteiger partial charge < -0.3 is 0 Å². The van der Waals surface area contributed by atoms with Crippen molar-refractivity contribution in [1.29, 1.82) is 0 Å². The molecular formula is C15H14S. The van der Waals surface area contributed by atoms with E-state index in [2.05, 4.69) is 62.4 Å². The fourth-order valence-corrected chi connectivity index (χ4v) is 3.62. The van der Waals surface area contributed by atoms with Gasteiger partial charge in [0.05, 0.1) is 0 Å². The van der Waals surface area contributed by atoms with Gasteiger partial charge in [0.2, 0.25) is 0 Å². The third-order valence-electron chi connectivity index (χ3n) is 3.12. The van der Waals surface area contributed by atoms with Gasteiger partial charge in [-0.25, -0.2) is 0 Å². The van der Waals surface area contributed by atoms with Crippen LogP contribution in [0.2, 0.25) is 0 Å². The highest BCUT2D eigenvalue weighted by molar-refractivity contribution is 8.00. The molecule has 2 aromatic rings. The second-order valence-electron chi connectivity index (χ2n) is 4.65. The summed E-state index contributed by atoms with van der Waals surface area (Å²) in [5.74, 6) is 0. The van der Waals surface area contributed by atoms with Crippen molar-refractivity contribution in [3.05, 3.63) is 54.1 Å². The summed E-state index contributed by atoms with van der Waals surface area (Å²) < 4.78 is 0.172. The fourth-order valence-electron chi connectivity index (χ4n) is 2.35. The van der Waals surface area contributed by atoms with Crippen LogP contribution in [0.15, 0.2) is 53.4 Å². The molecule has 0 saturated heterocycles. The third kappa shape index (κ3) is 1.39. The van der Waals surface area contributed by atoms with E-state index in [1.807, 2.05) is 11.8 Å². The van der Waals surface area contributed by atoms with E-state index < -0.39 is 0 Å². The molecule has 2 aromatic carbocycles. The van der Waals surface area contributed by atoms with Crippen molar-refractivity contribution < 1.29 is 0 Å². The Labute approximate surface area is 101 Å². The maximum atomic E-state index is 2.30. The molecule has 0 fully saturated rings. The summed E-state index contributed by atoms with van der Waals surface area (Å²) in [5.41, 5.74) is 4.21. The van der Waals surface area contributed by atoms with Gasteiger partial charge in [0.15, 0.2) is 0 Å². The van der Waals surface area contributed by atoms with Crippen LogP contribution < -0.4 is 0 Å². The minimum absolute atomic E-state index is 0.172. The van der Waals surface area contributed by atoms with Crippen LogP contribution in [0.5, 0.6) is 0 Å². The number of hydrogen-bond acceptors (Lipinski definition) is 1. The Morgan fingerprint density at radius 2 is 1.44 bits per heavy atom. The Kier molecular flexibility index (Phi) is 2.11. The molecule has 0 unspecified atom stereocenters. The van der Waals surface area contributed by atoms with Gasteiger partial charge in [0.25, 0.3) is 0 Å². The number of thioether (sulfide) groups is 1. The first kappa shape index (κ1) is 9.98. The quantitative estimate of drug-likeness (QED) is 0.627. The van der Waals surface area contributed by atoms with Gasteiger partial charge in [-0.15, -0.1) is 11.8 Å². The summed E-state index contributed by atoms with van der Waals surface area (Å²) in [4.78, 5) is 1.39. The van der Waals surface area contributed by atoms with E-state index in [1.165, 1.54) is 21.6 Å². The summed E-state index contributed by atoms with van der Waals surface area (Å²) >= 11 is 1.96. The van der Waals surface area contributed by atoms with Crippen molar-refractivity contribution in [3.8, 4) is 11.1 Å². The van der Waals surface area contributed by atoms with Gasteiger partial charge in [-0.3, -0.25) is 0 Å². The molecule has 0 N–H and O–H groups in total. The van der Waals surface area contributed by atoms with Crippen molar-refractivity contribution in [2.45, 2.75) is 23.5 Å². The second kappa shape index (κ2) is 3.39. The molecule has 16 heavy (non-hydrogen) atoms. The van der Waals surface area contributed by atoms with Crippen LogP contribution in [-0.2, 0) is 4.75 Å². The Morgan fingerprint density at radius 3 is 2.25 bits per heavy atom. The molecule has 1 aliphatic rings. The van der Waals surface area contributed by atoms with Gasteiger partial charge in [-0.2, -0.15) is 0 Å². The number of hydrogen-bond donors (Lipinski definition) is 0. The summed E-state index contributed by atoms with van der Waals surface area (Å²) in [5, 5.41) is 0. The molecule has 0 spiro atoms. The molecule has 0 bridgehead atoms. The van der Waals surface area contributed by atoms with Crippen LogP contribution >= 0.6 is 11.8 Å². The molecular weight excluding hydrogens is 212 g/mol. The SMILES string of the molecule is CC1(C)Sc2ccccc2-c2ccccc21. The van der Waals surface area contributed by atoms with Crippen molar-refractivity contribution in [2.24, 2.45) is 0 Å². The molecule has 1 heteroatoms. The van der Waals surface area contributed by atoms with Crippen LogP contribution in [0.3, 0.4) is 0 Å². The Morgan fingerprint density at radius 1 is 0.812 bits per heavy atom. The molecule has 80 valence electrons. The average molecular weight is 226 g/mol. The summed E-state index contributed by atoms with van der Waals surface area (Å²) in [7, 11) is 0.